The molecule has 0 fully saturated rings. The van der Waals surface area contributed by atoms with E-state index in [0.717, 1.165) is 5.56 Å². The van der Waals surface area contributed by atoms with Crippen molar-refractivity contribution in [2.75, 3.05) is 16.8 Å². The second-order valence-corrected chi connectivity index (χ2v) is 7.39. The summed E-state index contributed by atoms with van der Waals surface area (Å²) in [6.45, 7) is 2.02. The van der Waals surface area contributed by atoms with Gasteiger partial charge in [0.1, 0.15) is 5.75 Å². The van der Waals surface area contributed by atoms with Crippen LogP contribution in [-0.2, 0) is 4.79 Å². The highest BCUT2D eigenvalue weighted by atomic mass is 32.2. The summed E-state index contributed by atoms with van der Waals surface area (Å²) in [4.78, 5) is 12.2. The van der Waals surface area contributed by atoms with Gasteiger partial charge in [0.05, 0.1) is 11.4 Å². The SMILES string of the molecule is Cc1ccc(Oc2ccccc2NC(=O)CSc2nnc(N)s2)cc1. The molecule has 0 saturated heterocycles. The predicted octanol–water partition coefficient (Wildman–Crippen LogP) is 3.95. The number of rotatable bonds is 6. The summed E-state index contributed by atoms with van der Waals surface area (Å²) in [5.74, 6) is 1.36. The van der Waals surface area contributed by atoms with E-state index in [1.165, 1.54) is 23.1 Å². The number of carbonyl (C=O) groups excluding carboxylic acids is 1. The number of thioether (sulfide) groups is 1. The van der Waals surface area contributed by atoms with Crippen molar-refractivity contribution < 1.29 is 9.53 Å². The van der Waals surface area contributed by atoms with Crippen LogP contribution in [0.4, 0.5) is 10.8 Å². The average Bonchev–Trinajstić information content (AvgIpc) is 3.02. The molecular formula is C17H16N4O2S2. The van der Waals surface area contributed by atoms with E-state index in [1.807, 2.05) is 49.4 Å². The predicted molar refractivity (Wildman–Crippen MR) is 101 cm³/mol. The van der Waals surface area contributed by atoms with E-state index in [4.69, 9.17) is 10.5 Å². The number of para-hydroxylation sites is 2. The Kier molecular flexibility index (Phi) is 5.52. The lowest BCUT2D eigenvalue weighted by Gasteiger charge is -2.12. The Hall–Kier alpha value is -2.58. The number of amides is 1. The van der Waals surface area contributed by atoms with Crippen LogP contribution in [0.5, 0.6) is 11.5 Å². The molecule has 6 nitrogen and oxygen atoms in total. The summed E-state index contributed by atoms with van der Waals surface area (Å²) in [5, 5.41) is 10.8. The molecule has 0 saturated carbocycles. The zero-order valence-corrected chi connectivity index (χ0v) is 15.1. The van der Waals surface area contributed by atoms with Crippen LogP contribution in [-0.4, -0.2) is 21.9 Å². The number of hydrogen-bond donors (Lipinski definition) is 2. The molecule has 0 aliphatic carbocycles. The van der Waals surface area contributed by atoms with Crippen molar-refractivity contribution in [3.63, 3.8) is 0 Å². The smallest absolute Gasteiger partial charge is 0.234 e. The van der Waals surface area contributed by atoms with Gasteiger partial charge in [-0.15, -0.1) is 10.2 Å². The Labute approximate surface area is 153 Å². The molecule has 0 spiro atoms. The fourth-order valence-electron chi connectivity index (χ4n) is 1.98. The van der Waals surface area contributed by atoms with E-state index in [9.17, 15) is 4.79 Å². The zero-order valence-electron chi connectivity index (χ0n) is 13.4. The number of nitrogens with zero attached hydrogens (tertiary/aromatic N) is 2. The fraction of sp³-hybridized carbons (Fsp3) is 0.118. The van der Waals surface area contributed by atoms with Crippen LogP contribution >= 0.6 is 23.1 Å². The van der Waals surface area contributed by atoms with Gasteiger partial charge in [0.2, 0.25) is 11.0 Å². The molecule has 8 heteroatoms. The number of carbonyl (C=O) groups is 1. The molecule has 0 radical (unpaired) electrons. The number of nitrogens with one attached hydrogen (secondary N) is 1. The van der Waals surface area contributed by atoms with Crippen molar-refractivity contribution in [1.29, 1.82) is 0 Å². The van der Waals surface area contributed by atoms with E-state index in [2.05, 4.69) is 15.5 Å². The van der Waals surface area contributed by atoms with E-state index >= 15 is 0 Å². The summed E-state index contributed by atoms with van der Waals surface area (Å²) in [7, 11) is 0. The van der Waals surface area contributed by atoms with E-state index in [0.29, 0.717) is 26.7 Å². The molecule has 3 N–H and O–H groups in total. The third-order valence-electron chi connectivity index (χ3n) is 3.16. The summed E-state index contributed by atoms with van der Waals surface area (Å²) < 4.78 is 6.54. The monoisotopic (exact) mass is 372 g/mol. The van der Waals surface area contributed by atoms with E-state index < -0.39 is 0 Å². The Morgan fingerprint density at radius 2 is 1.96 bits per heavy atom. The first kappa shape index (κ1) is 17.2. The van der Waals surface area contributed by atoms with Crippen molar-refractivity contribution in [2.24, 2.45) is 0 Å². The van der Waals surface area contributed by atoms with Gasteiger partial charge in [-0.05, 0) is 31.2 Å². The highest BCUT2D eigenvalue weighted by molar-refractivity contribution is 8.01. The molecule has 25 heavy (non-hydrogen) atoms. The molecule has 0 bridgehead atoms. The quantitative estimate of drug-likeness (QED) is 0.637. The Balaban J connectivity index is 1.63. The number of nitrogen functional groups attached to an aromatic ring is 1. The molecule has 2 aromatic carbocycles. The fourth-order valence-corrected chi connectivity index (χ4v) is 3.42. The standard InChI is InChI=1S/C17H16N4O2S2/c1-11-6-8-12(9-7-11)23-14-5-3-2-4-13(14)19-15(22)10-24-17-21-20-16(18)25-17/h2-9H,10H2,1H3,(H2,18,20)(H,19,22). The van der Waals surface area contributed by atoms with Gasteiger partial charge in [-0.1, -0.05) is 52.9 Å². The first-order chi connectivity index (χ1) is 12.1. The first-order valence-corrected chi connectivity index (χ1v) is 9.25. The summed E-state index contributed by atoms with van der Waals surface area (Å²) >= 11 is 2.55. The molecule has 0 aliphatic rings. The lowest BCUT2D eigenvalue weighted by Crippen LogP contribution is -2.14. The first-order valence-electron chi connectivity index (χ1n) is 7.45. The molecular weight excluding hydrogens is 356 g/mol. The summed E-state index contributed by atoms with van der Waals surface area (Å²) in [5.41, 5.74) is 7.30. The Bertz CT molecular complexity index is 865. The number of hydrogen-bond acceptors (Lipinski definition) is 7. The minimum absolute atomic E-state index is 0.154. The van der Waals surface area contributed by atoms with Crippen LogP contribution in [0.15, 0.2) is 52.9 Å². The average molecular weight is 372 g/mol. The molecule has 1 aromatic heterocycles. The summed E-state index contributed by atoms with van der Waals surface area (Å²) in [6, 6.07) is 15.0. The number of aryl methyl sites for hydroxylation is 1. The lowest BCUT2D eigenvalue weighted by atomic mass is 10.2. The van der Waals surface area contributed by atoms with E-state index in [-0.39, 0.29) is 11.7 Å². The third-order valence-corrected chi connectivity index (χ3v) is 5.04. The number of benzene rings is 2. The van der Waals surface area contributed by atoms with Crippen molar-refractivity contribution in [2.45, 2.75) is 11.3 Å². The zero-order chi connectivity index (χ0) is 17.6. The van der Waals surface area contributed by atoms with Crippen molar-refractivity contribution in [3.05, 3.63) is 54.1 Å². The maximum Gasteiger partial charge on any atom is 0.234 e. The minimum Gasteiger partial charge on any atom is -0.455 e. The van der Waals surface area contributed by atoms with Gasteiger partial charge in [-0.25, -0.2) is 0 Å². The van der Waals surface area contributed by atoms with Gasteiger partial charge >= 0.3 is 0 Å². The van der Waals surface area contributed by atoms with Crippen LogP contribution in [0, 0.1) is 6.92 Å². The second kappa shape index (κ2) is 8.00. The largest absolute Gasteiger partial charge is 0.455 e. The maximum atomic E-state index is 12.2. The molecule has 0 atom stereocenters. The third kappa shape index (κ3) is 4.94. The van der Waals surface area contributed by atoms with Crippen molar-refractivity contribution in [3.8, 4) is 11.5 Å². The number of anilines is 2. The molecule has 0 aliphatic heterocycles. The normalized spacial score (nSPS) is 10.4. The highest BCUT2D eigenvalue weighted by Gasteiger charge is 2.10. The van der Waals surface area contributed by atoms with Gasteiger partial charge < -0.3 is 15.8 Å². The van der Waals surface area contributed by atoms with E-state index in [1.54, 1.807) is 6.07 Å². The Morgan fingerprint density at radius 1 is 1.20 bits per heavy atom. The van der Waals surface area contributed by atoms with Crippen LogP contribution < -0.4 is 15.8 Å². The summed E-state index contributed by atoms with van der Waals surface area (Å²) in [6.07, 6.45) is 0. The van der Waals surface area contributed by atoms with Gasteiger partial charge in [0, 0.05) is 0 Å². The van der Waals surface area contributed by atoms with Gasteiger partial charge in [-0.2, -0.15) is 0 Å². The van der Waals surface area contributed by atoms with Crippen LogP contribution in [0.3, 0.4) is 0 Å². The highest BCUT2D eigenvalue weighted by Crippen LogP contribution is 2.30. The van der Waals surface area contributed by atoms with Crippen LogP contribution in [0.25, 0.3) is 0 Å². The van der Waals surface area contributed by atoms with Crippen LogP contribution in [0.1, 0.15) is 5.56 Å². The molecule has 0 unspecified atom stereocenters. The molecule has 1 amide bonds. The van der Waals surface area contributed by atoms with Gasteiger partial charge in [-0.3, -0.25) is 4.79 Å². The Morgan fingerprint density at radius 3 is 2.68 bits per heavy atom. The van der Waals surface area contributed by atoms with Crippen molar-refractivity contribution >= 4 is 39.8 Å². The second-order valence-electron chi connectivity index (χ2n) is 5.15. The number of aromatic nitrogens is 2. The lowest BCUT2D eigenvalue weighted by molar-refractivity contribution is -0.113. The molecule has 1 heterocycles. The van der Waals surface area contributed by atoms with Gasteiger partial charge in [0.15, 0.2) is 10.1 Å². The molecule has 128 valence electrons. The maximum absolute atomic E-state index is 12.2. The molecule has 3 aromatic rings. The van der Waals surface area contributed by atoms with Gasteiger partial charge in [0.25, 0.3) is 0 Å². The number of ether oxygens (including phenoxy) is 1. The topological polar surface area (TPSA) is 90.1 Å². The molecule has 3 rings (SSSR count). The van der Waals surface area contributed by atoms with Crippen molar-refractivity contribution in [1.82, 2.24) is 10.2 Å². The van der Waals surface area contributed by atoms with Crippen LogP contribution in [0.2, 0.25) is 0 Å². The minimum atomic E-state index is -0.154. The number of nitrogens with two attached hydrogens (primary N) is 1.